The smallest absolute Gasteiger partial charge is 0.293 e. The van der Waals surface area contributed by atoms with Gasteiger partial charge in [0.15, 0.2) is 9.84 Å². The second-order valence-electron chi connectivity index (χ2n) is 5.02. The summed E-state index contributed by atoms with van der Waals surface area (Å²) in [6, 6.07) is 6.62. The van der Waals surface area contributed by atoms with E-state index in [4.69, 9.17) is 21.1 Å². The average Bonchev–Trinajstić information content (AvgIpc) is 2.55. The molecule has 134 valence electrons. The molecule has 0 saturated carbocycles. The number of hydrogen-bond acceptors (Lipinski definition) is 7. The fourth-order valence-corrected chi connectivity index (χ4v) is 2.97. The first-order valence-corrected chi connectivity index (χ1v) is 9.11. The molecule has 8 nitrogen and oxygen atoms in total. The predicted molar refractivity (Wildman–Crippen MR) is 94.0 cm³/mol. The van der Waals surface area contributed by atoms with E-state index < -0.39 is 14.8 Å². The maximum Gasteiger partial charge on any atom is 0.293 e. The van der Waals surface area contributed by atoms with Gasteiger partial charge in [-0.3, -0.25) is 10.1 Å². The Kier molecular flexibility index (Phi) is 5.39. The number of halogens is 1. The van der Waals surface area contributed by atoms with Gasteiger partial charge in [0, 0.05) is 24.5 Å². The third-order valence-corrected chi connectivity index (χ3v) is 4.74. The maximum atomic E-state index is 11.6. The number of nitrogens with zero attached hydrogens (tertiary/aromatic N) is 1. The van der Waals surface area contributed by atoms with Crippen molar-refractivity contribution in [2.75, 3.05) is 25.8 Å². The van der Waals surface area contributed by atoms with Gasteiger partial charge in [0.1, 0.15) is 17.2 Å². The van der Waals surface area contributed by atoms with Crippen LogP contribution < -0.4 is 14.8 Å². The second kappa shape index (κ2) is 7.16. The van der Waals surface area contributed by atoms with E-state index in [1.165, 1.54) is 38.5 Å². The molecular formula is C15H15ClN2O6S. The molecule has 2 rings (SSSR count). The standard InChI is InChI=1S/C15H15ClN2O6S/c1-23-14-8-12(15(24-2)7-10(14)16)17-11-5-4-9(25(3,21)22)6-13(11)18(19)20/h4-8,17H,1-3H3. The molecule has 10 heteroatoms. The first kappa shape index (κ1) is 18.8. The van der Waals surface area contributed by atoms with Gasteiger partial charge in [-0.05, 0) is 12.1 Å². The highest BCUT2D eigenvalue weighted by molar-refractivity contribution is 7.90. The molecule has 0 saturated heterocycles. The molecule has 0 bridgehead atoms. The van der Waals surface area contributed by atoms with E-state index >= 15 is 0 Å². The van der Waals surface area contributed by atoms with Crippen molar-refractivity contribution in [1.82, 2.24) is 0 Å². The number of anilines is 2. The lowest BCUT2D eigenvalue weighted by Gasteiger charge is -2.14. The van der Waals surface area contributed by atoms with E-state index in [2.05, 4.69) is 5.32 Å². The van der Waals surface area contributed by atoms with Crippen molar-refractivity contribution in [2.45, 2.75) is 4.90 Å². The van der Waals surface area contributed by atoms with Gasteiger partial charge in [0.2, 0.25) is 0 Å². The fourth-order valence-electron chi connectivity index (χ4n) is 2.10. The van der Waals surface area contributed by atoms with Gasteiger partial charge in [0.25, 0.3) is 5.69 Å². The van der Waals surface area contributed by atoms with E-state index in [0.717, 1.165) is 12.3 Å². The number of sulfone groups is 1. The Morgan fingerprint density at radius 1 is 1.08 bits per heavy atom. The van der Waals surface area contributed by atoms with Crippen LogP contribution in [0.3, 0.4) is 0 Å². The van der Waals surface area contributed by atoms with Crippen molar-refractivity contribution in [1.29, 1.82) is 0 Å². The Bertz CT molecular complexity index is 930. The summed E-state index contributed by atoms with van der Waals surface area (Å²) in [5, 5.41) is 14.5. The first-order valence-electron chi connectivity index (χ1n) is 6.84. The number of nitro groups is 1. The lowest BCUT2D eigenvalue weighted by atomic mass is 10.2. The molecule has 0 aliphatic carbocycles. The highest BCUT2D eigenvalue weighted by Gasteiger charge is 2.20. The molecule has 0 fully saturated rings. The number of methoxy groups -OCH3 is 2. The minimum Gasteiger partial charge on any atom is -0.495 e. The Balaban J connectivity index is 2.55. The summed E-state index contributed by atoms with van der Waals surface area (Å²) in [5.74, 6) is 0.688. The van der Waals surface area contributed by atoms with Crippen molar-refractivity contribution in [3.8, 4) is 11.5 Å². The zero-order valence-electron chi connectivity index (χ0n) is 13.6. The maximum absolute atomic E-state index is 11.6. The molecule has 25 heavy (non-hydrogen) atoms. The second-order valence-corrected chi connectivity index (χ2v) is 7.44. The summed E-state index contributed by atoms with van der Waals surface area (Å²) in [4.78, 5) is 10.5. The summed E-state index contributed by atoms with van der Waals surface area (Å²) >= 11 is 6.03. The van der Waals surface area contributed by atoms with Crippen LogP contribution in [0.4, 0.5) is 17.1 Å². The van der Waals surface area contributed by atoms with Crippen LogP contribution in [0.5, 0.6) is 11.5 Å². The van der Waals surface area contributed by atoms with Crippen LogP contribution in [0.1, 0.15) is 0 Å². The molecule has 0 aliphatic rings. The third-order valence-electron chi connectivity index (χ3n) is 3.34. The lowest BCUT2D eigenvalue weighted by Crippen LogP contribution is -2.03. The van der Waals surface area contributed by atoms with Gasteiger partial charge in [-0.25, -0.2) is 8.42 Å². The summed E-state index contributed by atoms with van der Waals surface area (Å²) in [6.45, 7) is 0. The summed E-state index contributed by atoms with van der Waals surface area (Å²) in [6.07, 6.45) is 0.978. The van der Waals surface area contributed by atoms with Crippen LogP contribution in [0.15, 0.2) is 35.2 Å². The van der Waals surface area contributed by atoms with Crippen molar-refractivity contribution in [3.05, 3.63) is 45.5 Å². The molecule has 1 N–H and O–H groups in total. The van der Waals surface area contributed by atoms with Gasteiger partial charge in [0.05, 0.1) is 34.7 Å². The molecule has 0 atom stereocenters. The molecule has 0 radical (unpaired) electrons. The van der Waals surface area contributed by atoms with Gasteiger partial charge in [-0.2, -0.15) is 0 Å². The van der Waals surface area contributed by atoms with Crippen LogP contribution in [0, 0.1) is 10.1 Å². The summed E-state index contributed by atoms with van der Waals surface area (Å²) < 4.78 is 33.5. The molecule has 0 unspecified atom stereocenters. The predicted octanol–water partition coefficient (Wildman–Crippen LogP) is 3.41. The Hall–Kier alpha value is -2.52. The van der Waals surface area contributed by atoms with E-state index in [1.54, 1.807) is 0 Å². The Morgan fingerprint density at radius 3 is 2.24 bits per heavy atom. The monoisotopic (exact) mass is 386 g/mol. The molecular weight excluding hydrogens is 372 g/mol. The fraction of sp³-hybridized carbons (Fsp3) is 0.200. The molecule has 0 heterocycles. The van der Waals surface area contributed by atoms with Gasteiger partial charge >= 0.3 is 0 Å². The molecule has 0 aromatic heterocycles. The minimum atomic E-state index is -3.57. The topological polar surface area (TPSA) is 108 Å². The van der Waals surface area contributed by atoms with Crippen molar-refractivity contribution in [2.24, 2.45) is 0 Å². The summed E-state index contributed by atoms with van der Waals surface area (Å²) in [5.41, 5.74) is 0.0814. The normalized spacial score (nSPS) is 11.0. The first-order chi connectivity index (χ1) is 11.7. The highest BCUT2D eigenvalue weighted by Crippen LogP contribution is 2.39. The zero-order chi connectivity index (χ0) is 18.8. The Morgan fingerprint density at radius 2 is 1.72 bits per heavy atom. The van der Waals surface area contributed by atoms with E-state index in [1.807, 2.05) is 0 Å². The van der Waals surface area contributed by atoms with Crippen molar-refractivity contribution in [3.63, 3.8) is 0 Å². The average molecular weight is 387 g/mol. The van der Waals surface area contributed by atoms with Crippen molar-refractivity contribution < 1.29 is 22.8 Å². The lowest BCUT2D eigenvalue weighted by molar-refractivity contribution is -0.384. The van der Waals surface area contributed by atoms with E-state index in [9.17, 15) is 18.5 Å². The third kappa shape index (κ3) is 4.12. The van der Waals surface area contributed by atoms with E-state index in [0.29, 0.717) is 22.2 Å². The molecule has 0 spiro atoms. The number of rotatable bonds is 6. The number of hydrogen-bond donors (Lipinski definition) is 1. The quantitative estimate of drug-likeness (QED) is 0.598. The van der Waals surface area contributed by atoms with Crippen LogP contribution >= 0.6 is 11.6 Å². The Labute approximate surface area is 149 Å². The van der Waals surface area contributed by atoms with Crippen LogP contribution in [-0.4, -0.2) is 33.8 Å². The summed E-state index contributed by atoms with van der Waals surface area (Å²) in [7, 11) is -0.719. The van der Waals surface area contributed by atoms with Crippen LogP contribution in [-0.2, 0) is 9.84 Å². The molecule has 0 amide bonds. The SMILES string of the molecule is COc1cc(Nc2ccc(S(C)(=O)=O)cc2[N+](=O)[O-])c(OC)cc1Cl. The van der Waals surface area contributed by atoms with Gasteiger partial charge < -0.3 is 14.8 Å². The molecule has 2 aromatic carbocycles. The molecule has 2 aromatic rings. The number of benzene rings is 2. The number of nitro benzene ring substituents is 1. The minimum absolute atomic E-state index is 0.0973. The van der Waals surface area contributed by atoms with Crippen LogP contribution in [0.25, 0.3) is 0 Å². The number of nitrogens with one attached hydrogen (secondary N) is 1. The van der Waals surface area contributed by atoms with E-state index in [-0.39, 0.29) is 16.3 Å². The highest BCUT2D eigenvalue weighted by atomic mass is 35.5. The largest absolute Gasteiger partial charge is 0.495 e. The van der Waals surface area contributed by atoms with Gasteiger partial charge in [-0.1, -0.05) is 11.6 Å². The molecule has 0 aliphatic heterocycles. The number of ether oxygens (including phenoxy) is 2. The van der Waals surface area contributed by atoms with Crippen molar-refractivity contribution >= 4 is 38.5 Å². The van der Waals surface area contributed by atoms with Gasteiger partial charge in [-0.15, -0.1) is 0 Å². The van der Waals surface area contributed by atoms with Crippen LogP contribution in [0.2, 0.25) is 5.02 Å². The zero-order valence-corrected chi connectivity index (χ0v) is 15.1.